The predicted octanol–water partition coefficient (Wildman–Crippen LogP) is 1.03. The Labute approximate surface area is 78.8 Å². The molecule has 0 unspecified atom stereocenters. The summed E-state index contributed by atoms with van der Waals surface area (Å²) in [7, 11) is 0. The molecule has 0 aliphatic heterocycles. The number of carbonyl (C=O) groups is 1. The zero-order chi connectivity index (χ0) is 10.7. The summed E-state index contributed by atoms with van der Waals surface area (Å²) in [6.07, 6.45) is -0.523. The molecule has 14 heavy (non-hydrogen) atoms. The molecule has 0 saturated heterocycles. The number of rotatable bonds is 2. The quantitative estimate of drug-likeness (QED) is 0.738. The topological polar surface area (TPSA) is 81.3 Å². The number of aromatic hydroxyl groups is 1. The van der Waals surface area contributed by atoms with Gasteiger partial charge in [0.2, 0.25) is 0 Å². The highest BCUT2D eigenvalue weighted by atomic mass is 19.1. The first-order valence-electron chi connectivity index (χ1n) is 3.68. The molecule has 0 atom stereocenters. The molecule has 0 fully saturated rings. The van der Waals surface area contributed by atoms with Crippen molar-refractivity contribution in [1.29, 1.82) is 5.26 Å². The van der Waals surface area contributed by atoms with Crippen molar-refractivity contribution in [3.63, 3.8) is 0 Å². The lowest BCUT2D eigenvalue weighted by Gasteiger charge is -2.02. The summed E-state index contributed by atoms with van der Waals surface area (Å²) in [6, 6.07) is 3.34. The van der Waals surface area contributed by atoms with Gasteiger partial charge in [-0.1, -0.05) is 0 Å². The summed E-state index contributed by atoms with van der Waals surface area (Å²) in [5, 5.41) is 26.0. The van der Waals surface area contributed by atoms with Crippen LogP contribution in [-0.4, -0.2) is 16.2 Å². The Morgan fingerprint density at radius 2 is 2.21 bits per heavy atom. The maximum atomic E-state index is 13.1. The number of phenols is 1. The largest absolute Gasteiger partial charge is 0.507 e. The van der Waals surface area contributed by atoms with E-state index in [4.69, 9.17) is 15.5 Å². The monoisotopic (exact) mass is 195 g/mol. The number of hydrogen-bond donors (Lipinski definition) is 2. The number of phenolic OH excluding ortho intramolecular Hbond substituents is 1. The molecule has 1 aromatic carbocycles. The van der Waals surface area contributed by atoms with E-state index in [0.717, 1.165) is 12.1 Å². The molecule has 0 spiro atoms. The molecule has 0 saturated carbocycles. The van der Waals surface area contributed by atoms with Crippen LogP contribution in [0, 0.1) is 17.1 Å². The minimum atomic E-state index is -1.20. The van der Waals surface area contributed by atoms with Crippen LogP contribution in [0.15, 0.2) is 12.1 Å². The number of nitriles is 1. The van der Waals surface area contributed by atoms with E-state index in [1.54, 1.807) is 6.07 Å². The van der Waals surface area contributed by atoms with Gasteiger partial charge in [-0.15, -0.1) is 0 Å². The third-order valence-corrected chi connectivity index (χ3v) is 1.63. The Bertz CT molecular complexity index is 423. The van der Waals surface area contributed by atoms with E-state index in [1.165, 1.54) is 0 Å². The van der Waals surface area contributed by atoms with Gasteiger partial charge in [-0.05, 0) is 12.1 Å². The van der Waals surface area contributed by atoms with Gasteiger partial charge < -0.3 is 10.2 Å². The number of hydrogen-bond acceptors (Lipinski definition) is 3. The molecular weight excluding hydrogens is 189 g/mol. The van der Waals surface area contributed by atoms with Crippen LogP contribution in [0.5, 0.6) is 5.75 Å². The summed E-state index contributed by atoms with van der Waals surface area (Å²) < 4.78 is 13.1. The average Bonchev–Trinajstić information content (AvgIpc) is 2.10. The fraction of sp³-hybridized carbons (Fsp3) is 0.111. The first-order valence-corrected chi connectivity index (χ1v) is 3.68. The number of carboxylic acid groups (broad SMARTS) is 1. The number of benzene rings is 1. The highest BCUT2D eigenvalue weighted by molar-refractivity contribution is 5.70. The standard InChI is InChI=1S/C9H6FNO3/c10-7-1-6(4-11)8(12)2-5(7)3-9(13)14/h1-2,12H,3H2,(H,13,14). The summed E-state index contributed by atoms with van der Waals surface area (Å²) >= 11 is 0. The van der Waals surface area contributed by atoms with E-state index in [1.807, 2.05) is 0 Å². The van der Waals surface area contributed by atoms with Crippen LogP contribution in [0.4, 0.5) is 4.39 Å². The number of aliphatic carboxylic acids is 1. The zero-order valence-electron chi connectivity index (χ0n) is 6.99. The van der Waals surface area contributed by atoms with E-state index >= 15 is 0 Å². The summed E-state index contributed by atoms with van der Waals surface area (Å²) in [5.74, 6) is -2.42. The molecule has 5 heteroatoms. The normalized spacial score (nSPS) is 9.43. The fourth-order valence-corrected chi connectivity index (χ4v) is 0.993. The maximum absolute atomic E-state index is 13.1. The first-order chi connectivity index (χ1) is 6.54. The lowest BCUT2D eigenvalue weighted by molar-refractivity contribution is -0.136. The van der Waals surface area contributed by atoms with Crippen molar-refractivity contribution < 1.29 is 19.4 Å². The molecule has 4 nitrogen and oxygen atoms in total. The zero-order valence-corrected chi connectivity index (χ0v) is 6.99. The van der Waals surface area contributed by atoms with Gasteiger partial charge in [-0.25, -0.2) is 4.39 Å². The Balaban J connectivity index is 3.16. The summed E-state index contributed by atoms with van der Waals surface area (Å²) in [4.78, 5) is 10.3. The molecule has 0 aliphatic carbocycles. The van der Waals surface area contributed by atoms with Crippen LogP contribution in [0.2, 0.25) is 0 Å². The van der Waals surface area contributed by atoms with Gasteiger partial charge in [-0.3, -0.25) is 4.79 Å². The van der Waals surface area contributed by atoms with E-state index in [2.05, 4.69) is 0 Å². The third kappa shape index (κ3) is 1.98. The lowest BCUT2D eigenvalue weighted by Crippen LogP contribution is -2.02. The van der Waals surface area contributed by atoms with Crippen LogP contribution in [0.3, 0.4) is 0 Å². The Hall–Kier alpha value is -2.09. The molecule has 0 bridgehead atoms. The Morgan fingerprint density at radius 1 is 1.57 bits per heavy atom. The van der Waals surface area contributed by atoms with Crippen LogP contribution < -0.4 is 0 Å². The van der Waals surface area contributed by atoms with Crippen molar-refractivity contribution in [2.24, 2.45) is 0 Å². The van der Waals surface area contributed by atoms with Gasteiger partial charge in [0.05, 0.1) is 12.0 Å². The predicted molar refractivity (Wildman–Crippen MR) is 44.1 cm³/mol. The van der Waals surface area contributed by atoms with Crippen LogP contribution in [-0.2, 0) is 11.2 Å². The minimum Gasteiger partial charge on any atom is -0.507 e. The molecule has 0 amide bonds. The molecule has 1 aromatic rings. The van der Waals surface area contributed by atoms with Crippen LogP contribution in [0.25, 0.3) is 0 Å². The Morgan fingerprint density at radius 3 is 2.71 bits per heavy atom. The fourth-order valence-electron chi connectivity index (χ4n) is 0.993. The second-order valence-electron chi connectivity index (χ2n) is 2.64. The summed E-state index contributed by atoms with van der Waals surface area (Å²) in [5.41, 5.74) is -0.356. The second kappa shape index (κ2) is 3.75. The van der Waals surface area contributed by atoms with Crippen molar-refractivity contribution in [2.45, 2.75) is 6.42 Å². The molecule has 1 rings (SSSR count). The molecule has 2 N–H and O–H groups in total. The molecular formula is C9H6FNO3. The van der Waals surface area contributed by atoms with Gasteiger partial charge in [0, 0.05) is 5.56 Å². The smallest absolute Gasteiger partial charge is 0.307 e. The maximum Gasteiger partial charge on any atom is 0.307 e. The van der Waals surface area contributed by atoms with Gasteiger partial charge in [0.25, 0.3) is 0 Å². The van der Waals surface area contributed by atoms with E-state index < -0.39 is 24.0 Å². The third-order valence-electron chi connectivity index (χ3n) is 1.63. The SMILES string of the molecule is N#Cc1cc(F)c(CC(=O)O)cc1O. The second-order valence-corrected chi connectivity index (χ2v) is 2.64. The highest BCUT2D eigenvalue weighted by Crippen LogP contribution is 2.21. The first kappa shape index (κ1) is 9.99. The van der Waals surface area contributed by atoms with Gasteiger partial charge in [0.1, 0.15) is 17.6 Å². The van der Waals surface area contributed by atoms with Gasteiger partial charge in [-0.2, -0.15) is 5.26 Å². The molecule has 0 aliphatic rings. The van der Waals surface area contributed by atoms with Crippen LogP contribution >= 0.6 is 0 Å². The molecule has 72 valence electrons. The van der Waals surface area contributed by atoms with Crippen molar-refractivity contribution >= 4 is 5.97 Å². The lowest BCUT2D eigenvalue weighted by atomic mass is 10.1. The van der Waals surface area contributed by atoms with E-state index in [-0.39, 0.29) is 11.1 Å². The van der Waals surface area contributed by atoms with Gasteiger partial charge in [0.15, 0.2) is 0 Å². The number of carboxylic acids is 1. The van der Waals surface area contributed by atoms with Crippen molar-refractivity contribution in [3.8, 4) is 11.8 Å². The van der Waals surface area contributed by atoms with Crippen molar-refractivity contribution in [2.75, 3.05) is 0 Å². The minimum absolute atomic E-state index is 0.144. The molecule has 0 heterocycles. The number of nitrogens with zero attached hydrogens (tertiary/aromatic N) is 1. The Kier molecular flexibility index (Phi) is 2.67. The van der Waals surface area contributed by atoms with Crippen LogP contribution in [0.1, 0.15) is 11.1 Å². The van der Waals surface area contributed by atoms with Gasteiger partial charge >= 0.3 is 5.97 Å². The summed E-state index contributed by atoms with van der Waals surface area (Å²) in [6.45, 7) is 0. The van der Waals surface area contributed by atoms with Crippen molar-refractivity contribution in [3.05, 3.63) is 29.1 Å². The molecule has 0 aromatic heterocycles. The van der Waals surface area contributed by atoms with E-state index in [9.17, 15) is 9.18 Å². The highest BCUT2D eigenvalue weighted by Gasteiger charge is 2.11. The molecule has 0 radical (unpaired) electrons. The van der Waals surface area contributed by atoms with E-state index in [0.29, 0.717) is 0 Å². The average molecular weight is 195 g/mol. The number of halogens is 1. The van der Waals surface area contributed by atoms with Crippen molar-refractivity contribution in [1.82, 2.24) is 0 Å².